The Kier molecular flexibility index (Phi) is 3.03. The predicted molar refractivity (Wildman–Crippen MR) is 60.3 cm³/mol. The highest BCUT2D eigenvalue weighted by atomic mass is 19.4. The van der Waals surface area contributed by atoms with Crippen molar-refractivity contribution in [2.45, 2.75) is 19.1 Å². The van der Waals surface area contributed by atoms with Gasteiger partial charge in [0.2, 0.25) is 0 Å². The van der Waals surface area contributed by atoms with Gasteiger partial charge in [-0.1, -0.05) is 0 Å². The van der Waals surface area contributed by atoms with Crippen LogP contribution in [-0.2, 0) is 23.9 Å². The molecule has 1 aromatic rings. The van der Waals surface area contributed by atoms with Gasteiger partial charge in [0.25, 0.3) is 5.56 Å². The van der Waals surface area contributed by atoms with Gasteiger partial charge in [0, 0.05) is 31.8 Å². The molecule has 2 heterocycles. The summed E-state index contributed by atoms with van der Waals surface area (Å²) in [5.74, 6) is -1.32. The third kappa shape index (κ3) is 2.29. The van der Waals surface area contributed by atoms with Crippen LogP contribution in [0.2, 0.25) is 0 Å². The third-order valence-electron chi connectivity index (χ3n) is 3.04. The highest BCUT2D eigenvalue weighted by Gasteiger charge is 2.38. The summed E-state index contributed by atoms with van der Waals surface area (Å²) in [6, 6.07) is 0.473. The van der Waals surface area contributed by atoms with Crippen molar-refractivity contribution >= 4 is 11.8 Å². The average molecular weight is 276 g/mol. The zero-order chi connectivity index (χ0) is 14.4. The van der Waals surface area contributed by atoms with Gasteiger partial charge in [-0.2, -0.15) is 13.2 Å². The molecule has 0 spiro atoms. The van der Waals surface area contributed by atoms with Crippen molar-refractivity contribution in [1.82, 2.24) is 4.57 Å². The summed E-state index contributed by atoms with van der Waals surface area (Å²) in [6.45, 7) is 0.637. The molecule has 0 saturated heterocycles. The maximum Gasteiger partial charge on any atom is 0.417 e. The van der Waals surface area contributed by atoms with Gasteiger partial charge in [-0.3, -0.25) is 14.2 Å². The molecule has 0 bridgehead atoms. The molecule has 0 radical (unpaired) electrons. The van der Waals surface area contributed by atoms with Gasteiger partial charge >= 0.3 is 12.1 Å². The normalized spacial score (nSPS) is 14.6. The molecule has 0 fully saturated rings. The number of hydrogen-bond acceptors (Lipinski definition) is 3. The van der Waals surface area contributed by atoms with E-state index < -0.39 is 29.7 Å². The first-order chi connectivity index (χ1) is 8.71. The summed E-state index contributed by atoms with van der Waals surface area (Å²) in [5.41, 5.74) is -2.29. The lowest BCUT2D eigenvalue weighted by atomic mass is 10.0. The maximum atomic E-state index is 12.9. The number of aromatic nitrogens is 1. The summed E-state index contributed by atoms with van der Waals surface area (Å²) < 4.78 is 39.9. The molecule has 2 rings (SSSR count). The van der Waals surface area contributed by atoms with E-state index in [0.717, 1.165) is 0 Å². The fraction of sp³-hybridized carbons (Fsp3) is 0.455. The number of fused-ring (bicyclic) bond motifs is 1. The minimum Gasteiger partial charge on any atom is -0.481 e. The number of carbonyl (C=O) groups is 1. The van der Waals surface area contributed by atoms with Gasteiger partial charge < -0.3 is 10.0 Å². The second kappa shape index (κ2) is 4.29. The van der Waals surface area contributed by atoms with Gasteiger partial charge in [-0.25, -0.2) is 0 Å². The van der Waals surface area contributed by atoms with Crippen LogP contribution in [0.15, 0.2) is 10.9 Å². The minimum absolute atomic E-state index is 0.0437. The molecule has 0 atom stereocenters. The van der Waals surface area contributed by atoms with Crippen molar-refractivity contribution in [1.29, 1.82) is 0 Å². The highest BCUT2D eigenvalue weighted by Crippen LogP contribution is 2.36. The van der Waals surface area contributed by atoms with Crippen LogP contribution >= 0.6 is 0 Å². The molecule has 1 aromatic heterocycles. The van der Waals surface area contributed by atoms with Gasteiger partial charge in [0.15, 0.2) is 0 Å². The summed E-state index contributed by atoms with van der Waals surface area (Å²) in [5, 5.41) is 8.77. The topological polar surface area (TPSA) is 62.5 Å². The van der Waals surface area contributed by atoms with E-state index in [-0.39, 0.29) is 17.9 Å². The lowest BCUT2D eigenvalue weighted by Crippen LogP contribution is -2.26. The fourth-order valence-electron chi connectivity index (χ4n) is 2.26. The Morgan fingerprint density at radius 3 is 2.58 bits per heavy atom. The predicted octanol–water partition coefficient (Wildman–Crippen LogP) is 0.944. The van der Waals surface area contributed by atoms with Gasteiger partial charge in [-0.05, 0) is 0 Å². The smallest absolute Gasteiger partial charge is 0.417 e. The Balaban J connectivity index is 2.75. The molecule has 19 heavy (non-hydrogen) atoms. The highest BCUT2D eigenvalue weighted by molar-refractivity contribution is 5.74. The summed E-state index contributed by atoms with van der Waals surface area (Å²) in [4.78, 5) is 23.9. The molecule has 0 aliphatic carbocycles. The summed E-state index contributed by atoms with van der Waals surface area (Å²) in [6.07, 6.45) is -5.52. The Morgan fingerprint density at radius 2 is 2.05 bits per heavy atom. The molecular formula is C11H11F3N2O3. The molecule has 0 saturated carbocycles. The number of carboxylic acids is 1. The largest absolute Gasteiger partial charge is 0.481 e. The number of carboxylic acid groups (broad SMARTS) is 1. The van der Waals surface area contributed by atoms with E-state index in [2.05, 4.69) is 0 Å². The van der Waals surface area contributed by atoms with Crippen LogP contribution in [0.3, 0.4) is 0 Å². The van der Waals surface area contributed by atoms with Crippen molar-refractivity contribution in [3.05, 3.63) is 27.5 Å². The first-order valence-corrected chi connectivity index (χ1v) is 5.48. The fourth-order valence-corrected chi connectivity index (χ4v) is 2.26. The molecule has 1 aliphatic heterocycles. The lowest BCUT2D eigenvalue weighted by Gasteiger charge is -2.19. The van der Waals surface area contributed by atoms with Crippen molar-refractivity contribution in [3.63, 3.8) is 0 Å². The molecule has 0 unspecified atom stereocenters. The number of hydrogen-bond donors (Lipinski definition) is 1. The van der Waals surface area contributed by atoms with Crippen LogP contribution in [-0.4, -0.2) is 29.2 Å². The van der Waals surface area contributed by atoms with Crippen LogP contribution in [0.4, 0.5) is 19.0 Å². The Bertz CT molecular complexity index is 592. The van der Waals surface area contributed by atoms with Crippen molar-refractivity contribution < 1.29 is 23.1 Å². The van der Waals surface area contributed by atoms with Gasteiger partial charge in [0.05, 0.1) is 12.0 Å². The number of likely N-dealkylation sites (N-methyl/N-ethyl adjacent to an activating group) is 1. The molecule has 1 aliphatic rings. The monoisotopic (exact) mass is 276 g/mol. The molecule has 104 valence electrons. The Morgan fingerprint density at radius 1 is 1.42 bits per heavy atom. The Hall–Kier alpha value is -1.99. The number of nitrogens with zero attached hydrogens (tertiary/aromatic N) is 2. The van der Waals surface area contributed by atoms with Crippen LogP contribution < -0.4 is 10.5 Å². The SMILES string of the molecule is CN1CCn2c1c(CC(=O)O)c(C(F)(F)F)cc2=O. The number of pyridine rings is 1. The molecule has 0 amide bonds. The number of anilines is 1. The van der Waals surface area contributed by atoms with Crippen LogP contribution in [0.1, 0.15) is 11.1 Å². The van der Waals surface area contributed by atoms with E-state index in [0.29, 0.717) is 12.6 Å². The zero-order valence-electron chi connectivity index (χ0n) is 9.99. The molecule has 5 nitrogen and oxygen atoms in total. The number of rotatable bonds is 2. The van der Waals surface area contributed by atoms with Crippen molar-refractivity contribution in [2.24, 2.45) is 0 Å². The van der Waals surface area contributed by atoms with Crippen LogP contribution in [0.5, 0.6) is 0 Å². The van der Waals surface area contributed by atoms with Crippen LogP contribution in [0.25, 0.3) is 0 Å². The third-order valence-corrected chi connectivity index (χ3v) is 3.04. The zero-order valence-corrected chi connectivity index (χ0v) is 9.99. The standard InChI is InChI=1S/C11H11F3N2O3/c1-15-2-3-16-8(17)5-7(11(12,13)14)6(10(15)16)4-9(18)19/h5H,2-4H2,1H3,(H,18,19). The number of aliphatic carboxylic acids is 1. The van der Waals surface area contributed by atoms with Gasteiger partial charge in [-0.15, -0.1) is 0 Å². The minimum atomic E-state index is -4.75. The van der Waals surface area contributed by atoms with Crippen molar-refractivity contribution in [2.75, 3.05) is 18.5 Å². The van der Waals surface area contributed by atoms with E-state index in [4.69, 9.17) is 5.11 Å². The van der Waals surface area contributed by atoms with Crippen LogP contribution in [0, 0.1) is 0 Å². The van der Waals surface area contributed by atoms with E-state index in [1.54, 1.807) is 0 Å². The second-order valence-corrected chi connectivity index (χ2v) is 4.34. The van der Waals surface area contributed by atoms with E-state index in [1.807, 2.05) is 0 Å². The number of halogens is 3. The van der Waals surface area contributed by atoms with E-state index >= 15 is 0 Å². The molecular weight excluding hydrogens is 265 g/mol. The van der Waals surface area contributed by atoms with E-state index in [9.17, 15) is 22.8 Å². The quantitative estimate of drug-likeness (QED) is 0.873. The summed E-state index contributed by atoms with van der Waals surface area (Å²) in [7, 11) is 1.53. The molecule has 8 heteroatoms. The Labute approximate surface area is 105 Å². The summed E-state index contributed by atoms with van der Waals surface area (Å²) >= 11 is 0. The van der Waals surface area contributed by atoms with Crippen molar-refractivity contribution in [3.8, 4) is 0 Å². The van der Waals surface area contributed by atoms with Gasteiger partial charge in [0.1, 0.15) is 5.82 Å². The molecule has 1 N–H and O–H groups in total. The first kappa shape index (κ1) is 13.4. The lowest BCUT2D eigenvalue weighted by molar-refractivity contribution is -0.139. The second-order valence-electron chi connectivity index (χ2n) is 4.34. The first-order valence-electron chi connectivity index (χ1n) is 5.48. The maximum absolute atomic E-state index is 12.9. The van der Waals surface area contributed by atoms with E-state index in [1.165, 1.54) is 16.5 Å². The number of alkyl halides is 3. The average Bonchev–Trinajstić information content (AvgIpc) is 2.63. The molecule has 0 aromatic carbocycles.